The smallest absolute Gasteiger partial charge is 0.267 e. The first kappa shape index (κ1) is 10.7. The molecule has 1 aromatic heterocycles. The first-order valence-corrected chi connectivity index (χ1v) is 5.58. The van der Waals surface area contributed by atoms with Gasteiger partial charge in [0.05, 0.1) is 5.69 Å². The third-order valence-corrected chi connectivity index (χ3v) is 2.60. The summed E-state index contributed by atoms with van der Waals surface area (Å²) in [5, 5.41) is 2.83. The summed E-state index contributed by atoms with van der Waals surface area (Å²) in [4.78, 5) is 11.6. The van der Waals surface area contributed by atoms with Crippen LogP contribution in [-0.4, -0.2) is 9.78 Å². The summed E-state index contributed by atoms with van der Waals surface area (Å²) in [6.45, 7) is 4.11. The van der Waals surface area contributed by atoms with Crippen molar-refractivity contribution in [2.75, 3.05) is 0 Å². The molecular weight excluding hydrogens is 200 g/mol. The second-order valence-corrected chi connectivity index (χ2v) is 4.05. The average molecular weight is 216 g/mol. The Morgan fingerprint density at radius 3 is 2.88 bits per heavy atom. The standard InChI is InChI=1S/C13H16N2O/c1-3-5-11-9-15(14-13(11)16)12-7-4-6-10(2)8-12/h4,6-9H,3,5H2,1-2H3,(H,14,16). The van der Waals surface area contributed by atoms with Crippen molar-refractivity contribution in [2.24, 2.45) is 0 Å². The van der Waals surface area contributed by atoms with Crippen LogP contribution in [0.3, 0.4) is 0 Å². The highest BCUT2D eigenvalue weighted by molar-refractivity contribution is 5.35. The molecule has 0 atom stereocenters. The topological polar surface area (TPSA) is 37.8 Å². The van der Waals surface area contributed by atoms with Crippen LogP contribution in [0, 0.1) is 6.92 Å². The van der Waals surface area contributed by atoms with Crippen LogP contribution in [0.15, 0.2) is 35.3 Å². The molecule has 1 heterocycles. The van der Waals surface area contributed by atoms with E-state index < -0.39 is 0 Å². The van der Waals surface area contributed by atoms with Crippen LogP contribution in [0.1, 0.15) is 24.5 Å². The van der Waals surface area contributed by atoms with Crippen molar-refractivity contribution in [3.63, 3.8) is 0 Å². The van der Waals surface area contributed by atoms with Gasteiger partial charge in [-0.05, 0) is 31.0 Å². The first-order chi connectivity index (χ1) is 7.70. The normalized spacial score (nSPS) is 10.6. The minimum absolute atomic E-state index is 0.0170. The van der Waals surface area contributed by atoms with E-state index in [1.165, 1.54) is 5.56 Å². The highest BCUT2D eigenvalue weighted by Gasteiger charge is 2.04. The number of benzene rings is 1. The molecule has 0 saturated carbocycles. The molecule has 3 nitrogen and oxygen atoms in total. The predicted molar refractivity (Wildman–Crippen MR) is 65.1 cm³/mol. The third-order valence-electron chi connectivity index (χ3n) is 2.60. The number of hydrogen-bond acceptors (Lipinski definition) is 1. The van der Waals surface area contributed by atoms with Gasteiger partial charge in [0.15, 0.2) is 0 Å². The summed E-state index contributed by atoms with van der Waals surface area (Å²) in [6.07, 6.45) is 3.70. The van der Waals surface area contributed by atoms with Crippen LogP contribution in [0.2, 0.25) is 0 Å². The first-order valence-electron chi connectivity index (χ1n) is 5.58. The molecule has 84 valence electrons. The van der Waals surface area contributed by atoms with Gasteiger partial charge in [-0.25, -0.2) is 0 Å². The van der Waals surface area contributed by atoms with Crippen LogP contribution in [-0.2, 0) is 6.42 Å². The molecule has 16 heavy (non-hydrogen) atoms. The fraction of sp³-hybridized carbons (Fsp3) is 0.308. The van der Waals surface area contributed by atoms with Gasteiger partial charge in [0, 0.05) is 11.8 Å². The zero-order chi connectivity index (χ0) is 11.5. The van der Waals surface area contributed by atoms with Crippen LogP contribution in [0.25, 0.3) is 5.69 Å². The third kappa shape index (κ3) is 2.08. The monoisotopic (exact) mass is 216 g/mol. The molecule has 2 rings (SSSR count). The molecule has 3 heteroatoms. The molecule has 0 radical (unpaired) electrons. The van der Waals surface area contributed by atoms with E-state index >= 15 is 0 Å². The molecule has 1 N–H and O–H groups in total. The number of aromatic nitrogens is 2. The van der Waals surface area contributed by atoms with Crippen molar-refractivity contribution in [3.05, 3.63) is 51.9 Å². The van der Waals surface area contributed by atoms with Crippen molar-refractivity contribution >= 4 is 0 Å². The minimum atomic E-state index is 0.0170. The van der Waals surface area contributed by atoms with E-state index in [2.05, 4.69) is 12.0 Å². The van der Waals surface area contributed by atoms with Crippen LogP contribution < -0.4 is 5.56 Å². The lowest BCUT2D eigenvalue weighted by Crippen LogP contribution is -2.07. The second kappa shape index (κ2) is 4.39. The largest absolute Gasteiger partial charge is 0.268 e. The molecule has 0 fully saturated rings. The zero-order valence-corrected chi connectivity index (χ0v) is 9.66. The number of hydrogen-bond donors (Lipinski definition) is 1. The van der Waals surface area contributed by atoms with Gasteiger partial charge in [0.1, 0.15) is 0 Å². The number of nitrogens with one attached hydrogen (secondary N) is 1. The fourth-order valence-electron chi connectivity index (χ4n) is 1.79. The fourth-order valence-corrected chi connectivity index (χ4v) is 1.79. The summed E-state index contributed by atoms with van der Waals surface area (Å²) in [5.74, 6) is 0. The van der Waals surface area contributed by atoms with Gasteiger partial charge in [-0.15, -0.1) is 0 Å². The van der Waals surface area contributed by atoms with Gasteiger partial charge in [-0.1, -0.05) is 25.5 Å². The number of H-pyrrole nitrogens is 1. The van der Waals surface area contributed by atoms with E-state index in [0.717, 1.165) is 24.1 Å². The molecule has 1 aromatic carbocycles. The Morgan fingerprint density at radius 1 is 1.38 bits per heavy atom. The summed E-state index contributed by atoms with van der Waals surface area (Å²) in [7, 11) is 0. The van der Waals surface area contributed by atoms with Crippen molar-refractivity contribution in [2.45, 2.75) is 26.7 Å². The lowest BCUT2D eigenvalue weighted by molar-refractivity contribution is 0.863. The molecule has 0 unspecified atom stereocenters. The van der Waals surface area contributed by atoms with Gasteiger partial charge >= 0.3 is 0 Å². The predicted octanol–water partition coefficient (Wildman–Crippen LogP) is 2.43. The molecule has 0 saturated heterocycles. The minimum Gasteiger partial charge on any atom is -0.268 e. The van der Waals surface area contributed by atoms with E-state index in [-0.39, 0.29) is 5.56 Å². The molecule has 0 amide bonds. The average Bonchev–Trinajstić information content (AvgIpc) is 2.61. The zero-order valence-electron chi connectivity index (χ0n) is 9.66. The summed E-state index contributed by atoms with van der Waals surface area (Å²) < 4.78 is 1.79. The highest BCUT2D eigenvalue weighted by atomic mass is 16.1. The number of nitrogens with zero attached hydrogens (tertiary/aromatic N) is 1. The molecular formula is C13H16N2O. The van der Waals surface area contributed by atoms with Crippen molar-refractivity contribution < 1.29 is 0 Å². The van der Waals surface area contributed by atoms with Gasteiger partial charge in [0.25, 0.3) is 5.56 Å². The lowest BCUT2D eigenvalue weighted by Gasteiger charge is -2.02. The van der Waals surface area contributed by atoms with Crippen LogP contribution in [0.5, 0.6) is 0 Å². The van der Waals surface area contributed by atoms with E-state index in [1.54, 1.807) is 4.68 Å². The highest BCUT2D eigenvalue weighted by Crippen LogP contribution is 2.09. The number of aryl methyl sites for hydroxylation is 2. The molecule has 0 spiro atoms. The molecule has 0 aliphatic rings. The summed E-state index contributed by atoms with van der Waals surface area (Å²) >= 11 is 0. The molecule has 0 bridgehead atoms. The Kier molecular flexibility index (Phi) is 2.95. The quantitative estimate of drug-likeness (QED) is 0.840. The Bertz CT molecular complexity index is 537. The molecule has 0 aliphatic heterocycles. The van der Waals surface area contributed by atoms with E-state index in [4.69, 9.17) is 0 Å². The van der Waals surface area contributed by atoms with Crippen molar-refractivity contribution in [3.8, 4) is 5.69 Å². The Morgan fingerprint density at radius 2 is 2.19 bits per heavy atom. The maximum Gasteiger partial charge on any atom is 0.267 e. The van der Waals surface area contributed by atoms with Crippen LogP contribution in [0.4, 0.5) is 0 Å². The van der Waals surface area contributed by atoms with E-state index in [0.29, 0.717) is 0 Å². The van der Waals surface area contributed by atoms with Gasteiger partial charge < -0.3 is 0 Å². The SMILES string of the molecule is CCCc1cn(-c2cccc(C)c2)[nH]c1=O. The van der Waals surface area contributed by atoms with Crippen LogP contribution >= 0.6 is 0 Å². The van der Waals surface area contributed by atoms with Crippen molar-refractivity contribution in [1.29, 1.82) is 0 Å². The molecule has 0 aliphatic carbocycles. The van der Waals surface area contributed by atoms with E-state index in [1.807, 2.05) is 37.4 Å². The number of rotatable bonds is 3. The molecule has 2 aromatic rings. The maximum atomic E-state index is 11.6. The Labute approximate surface area is 94.7 Å². The van der Waals surface area contributed by atoms with Gasteiger partial charge in [-0.3, -0.25) is 14.6 Å². The Balaban J connectivity index is 2.41. The number of aromatic amines is 1. The van der Waals surface area contributed by atoms with Gasteiger partial charge in [0.2, 0.25) is 0 Å². The second-order valence-electron chi connectivity index (χ2n) is 4.05. The lowest BCUT2D eigenvalue weighted by atomic mass is 10.2. The van der Waals surface area contributed by atoms with Gasteiger partial charge in [-0.2, -0.15) is 0 Å². The Hall–Kier alpha value is -1.77. The summed E-state index contributed by atoms with van der Waals surface area (Å²) in [6, 6.07) is 8.06. The maximum absolute atomic E-state index is 11.6. The van der Waals surface area contributed by atoms with E-state index in [9.17, 15) is 4.79 Å². The van der Waals surface area contributed by atoms with Crippen molar-refractivity contribution in [1.82, 2.24) is 9.78 Å². The summed E-state index contributed by atoms with van der Waals surface area (Å²) in [5.41, 5.74) is 3.05.